The van der Waals surface area contributed by atoms with E-state index in [2.05, 4.69) is 26.8 Å². The first-order chi connectivity index (χ1) is 6.29. The fourth-order valence-electron chi connectivity index (χ4n) is 1.65. The Hall–Kier alpha value is -0.580. The quantitative estimate of drug-likeness (QED) is 0.649. The van der Waals surface area contributed by atoms with E-state index in [0.29, 0.717) is 5.92 Å². The van der Waals surface area contributed by atoms with Crippen LogP contribution < -0.4 is 16.6 Å². The Kier molecular flexibility index (Phi) is 2.53. The second kappa shape index (κ2) is 3.65. The zero-order valence-corrected chi connectivity index (χ0v) is 8.76. The molecule has 1 fully saturated rings. The lowest BCUT2D eigenvalue weighted by Gasteiger charge is -2.13. The normalized spacial score (nSPS) is 17.9. The van der Waals surface area contributed by atoms with Crippen molar-refractivity contribution in [2.24, 2.45) is 0 Å². The number of nitrogen functional groups attached to an aromatic ring is 1. The average molecular weight is 242 g/mol. The first kappa shape index (κ1) is 8.99. The first-order valence-electron chi connectivity index (χ1n) is 4.28. The van der Waals surface area contributed by atoms with Gasteiger partial charge in [-0.15, -0.1) is 0 Å². The maximum absolute atomic E-state index is 5.92. The molecule has 4 heteroatoms. The summed E-state index contributed by atoms with van der Waals surface area (Å²) in [6.07, 6.45) is 0. The molecule has 0 amide bonds. The molecule has 4 N–H and O–H groups in total. The summed E-state index contributed by atoms with van der Waals surface area (Å²) in [5.41, 5.74) is 14.2. The molecule has 13 heavy (non-hydrogen) atoms. The SMILES string of the molecule is Nc1cccc(Br)c1C1CNNC1. The van der Waals surface area contributed by atoms with Gasteiger partial charge in [0, 0.05) is 29.2 Å². The number of rotatable bonds is 1. The van der Waals surface area contributed by atoms with Crippen molar-refractivity contribution in [1.82, 2.24) is 10.9 Å². The first-order valence-corrected chi connectivity index (χ1v) is 5.08. The minimum absolute atomic E-state index is 0.468. The van der Waals surface area contributed by atoms with Crippen LogP contribution in [0.1, 0.15) is 11.5 Å². The van der Waals surface area contributed by atoms with Crippen LogP contribution in [0.2, 0.25) is 0 Å². The topological polar surface area (TPSA) is 50.1 Å². The molecule has 0 aromatic heterocycles. The molecule has 3 nitrogen and oxygen atoms in total. The van der Waals surface area contributed by atoms with Crippen LogP contribution in [0.5, 0.6) is 0 Å². The van der Waals surface area contributed by atoms with Gasteiger partial charge in [0.1, 0.15) is 0 Å². The third-order valence-corrected chi connectivity index (χ3v) is 3.01. The van der Waals surface area contributed by atoms with Crippen molar-refractivity contribution in [1.29, 1.82) is 0 Å². The van der Waals surface area contributed by atoms with Crippen molar-refractivity contribution in [2.45, 2.75) is 5.92 Å². The fourth-order valence-corrected chi connectivity index (χ4v) is 2.36. The van der Waals surface area contributed by atoms with E-state index in [1.54, 1.807) is 0 Å². The van der Waals surface area contributed by atoms with Gasteiger partial charge in [0.15, 0.2) is 0 Å². The third kappa shape index (κ3) is 1.70. The minimum atomic E-state index is 0.468. The molecule has 0 atom stereocenters. The molecular formula is C9H12BrN3. The van der Waals surface area contributed by atoms with Gasteiger partial charge in [0.05, 0.1) is 0 Å². The number of hydrazine groups is 1. The van der Waals surface area contributed by atoms with Gasteiger partial charge in [-0.3, -0.25) is 10.9 Å². The van der Waals surface area contributed by atoms with Gasteiger partial charge >= 0.3 is 0 Å². The molecular weight excluding hydrogens is 230 g/mol. The average Bonchev–Trinajstić information content (AvgIpc) is 2.57. The van der Waals surface area contributed by atoms with Crippen molar-refractivity contribution in [2.75, 3.05) is 18.8 Å². The van der Waals surface area contributed by atoms with Gasteiger partial charge in [0.2, 0.25) is 0 Å². The third-order valence-electron chi connectivity index (χ3n) is 2.32. The molecule has 0 spiro atoms. The molecule has 0 aliphatic carbocycles. The van der Waals surface area contributed by atoms with Crippen molar-refractivity contribution in [3.63, 3.8) is 0 Å². The number of halogens is 1. The molecule has 1 heterocycles. The summed E-state index contributed by atoms with van der Waals surface area (Å²) < 4.78 is 1.10. The minimum Gasteiger partial charge on any atom is -0.398 e. The van der Waals surface area contributed by atoms with Gasteiger partial charge in [-0.1, -0.05) is 22.0 Å². The number of hydrogen-bond donors (Lipinski definition) is 3. The monoisotopic (exact) mass is 241 g/mol. The molecule has 70 valence electrons. The van der Waals surface area contributed by atoms with Crippen molar-refractivity contribution in [3.05, 3.63) is 28.2 Å². The summed E-state index contributed by atoms with van der Waals surface area (Å²) in [7, 11) is 0. The summed E-state index contributed by atoms with van der Waals surface area (Å²) in [6.45, 7) is 1.87. The standard InChI is InChI=1S/C9H12BrN3/c10-7-2-1-3-8(11)9(7)6-4-12-13-5-6/h1-3,6,12-13H,4-5,11H2. The Morgan fingerprint density at radius 3 is 2.62 bits per heavy atom. The van der Waals surface area contributed by atoms with E-state index >= 15 is 0 Å². The van der Waals surface area contributed by atoms with Crippen LogP contribution in [0, 0.1) is 0 Å². The van der Waals surface area contributed by atoms with E-state index in [9.17, 15) is 0 Å². The van der Waals surface area contributed by atoms with Gasteiger partial charge < -0.3 is 5.73 Å². The highest BCUT2D eigenvalue weighted by molar-refractivity contribution is 9.10. The fraction of sp³-hybridized carbons (Fsp3) is 0.333. The van der Waals surface area contributed by atoms with Crippen LogP contribution in [-0.4, -0.2) is 13.1 Å². The Morgan fingerprint density at radius 2 is 2.00 bits per heavy atom. The van der Waals surface area contributed by atoms with Crippen LogP contribution in [0.3, 0.4) is 0 Å². The number of nitrogens with two attached hydrogens (primary N) is 1. The molecule has 2 rings (SSSR count). The highest BCUT2D eigenvalue weighted by Gasteiger charge is 2.20. The van der Waals surface area contributed by atoms with Crippen molar-refractivity contribution < 1.29 is 0 Å². The maximum Gasteiger partial charge on any atom is 0.0361 e. The summed E-state index contributed by atoms with van der Waals surface area (Å²) in [5.74, 6) is 0.468. The van der Waals surface area contributed by atoms with Crippen molar-refractivity contribution >= 4 is 21.6 Å². The zero-order valence-electron chi connectivity index (χ0n) is 7.18. The van der Waals surface area contributed by atoms with Gasteiger partial charge in [-0.05, 0) is 17.7 Å². The molecule has 0 unspecified atom stereocenters. The number of nitrogens with one attached hydrogen (secondary N) is 2. The van der Waals surface area contributed by atoms with E-state index in [0.717, 1.165) is 23.2 Å². The Morgan fingerprint density at radius 1 is 1.31 bits per heavy atom. The lowest BCUT2D eigenvalue weighted by molar-refractivity contribution is 0.689. The van der Waals surface area contributed by atoms with Crippen LogP contribution in [0.25, 0.3) is 0 Å². The lowest BCUT2D eigenvalue weighted by atomic mass is 9.99. The van der Waals surface area contributed by atoms with E-state index < -0.39 is 0 Å². The van der Waals surface area contributed by atoms with Gasteiger partial charge in [0.25, 0.3) is 0 Å². The highest BCUT2D eigenvalue weighted by atomic mass is 79.9. The molecule has 1 saturated heterocycles. The second-order valence-electron chi connectivity index (χ2n) is 3.20. The molecule has 0 saturated carbocycles. The number of hydrogen-bond acceptors (Lipinski definition) is 3. The predicted molar refractivity (Wildman–Crippen MR) is 57.3 cm³/mol. The molecule has 1 aromatic rings. The van der Waals surface area contributed by atoms with E-state index in [-0.39, 0.29) is 0 Å². The predicted octanol–water partition coefficient (Wildman–Crippen LogP) is 1.22. The van der Waals surface area contributed by atoms with E-state index in [1.165, 1.54) is 5.56 Å². The molecule has 1 aromatic carbocycles. The summed E-state index contributed by atoms with van der Waals surface area (Å²) >= 11 is 3.52. The Labute approximate surface area is 85.8 Å². The van der Waals surface area contributed by atoms with Crippen molar-refractivity contribution in [3.8, 4) is 0 Å². The molecule has 1 aliphatic rings. The molecule has 0 bridgehead atoms. The second-order valence-corrected chi connectivity index (χ2v) is 4.06. The van der Waals surface area contributed by atoms with Crippen LogP contribution in [0.4, 0.5) is 5.69 Å². The van der Waals surface area contributed by atoms with Gasteiger partial charge in [-0.2, -0.15) is 0 Å². The van der Waals surface area contributed by atoms with Crippen LogP contribution in [0.15, 0.2) is 22.7 Å². The smallest absolute Gasteiger partial charge is 0.0361 e. The van der Waals surface area contributed by atoms with E-state index in [4.69, 9.17) is 5.73 Å². The zero-order chi connectivity index (χ0) is 9.26. The Balaban J connectivity index is 2.37. The molecule has 0 radical (unpaired) electrons. The van der Waals surface area contributed by atoms with Crippen LogP contribution in [-0.2, 0) is 0 Å². The van der Waals surface area contributed by atoms with E-state index in [1.807, 2.05) is 18.2 Å². The highest BCUT2D eigenvalue weighted by Crippen LogP contribution is 2.30. The number of anilines is 1. The largest absolute Gasteiger partial charge is 0.398 e. The molecule has 1 aliphatic heterocycles. The summed E-state index contributed by atoms with van der Waals surface area (Å²) in [6, 6.07) is 5.93. The summed E-state index contributed by atoms with van der Waals surface area (Å²) in [5, 5.41) is 0. The van der Waals surface area contributed by atoms with Gasteiger partial charge in [-0.25, -0.2) is 0 Å². The Bertz CT molecular complexity index is 287. The number of benzene rings is 1. The maximum atomic E-state index is 5.92. The summed E-state index contributed by atoms with van der Waals surface area (Å²) in [4.78, 5) is 0. The lowest BCUT2D eigenvalue weighted by Crippen LogP contribution is -2.21. The van der Waals surface area contributed by atoms with Crippen LogP contribution >= 0.6 is 15.9 Å².